The second kappa shape index (κ2) is 68.0. The van der Waals surface area contributed by atoms with Gasteiger partial charge in [-0.05, 0) is 166 Å². The lowest BCUT2D eigenvalue weighted by atomic mass is 9.69. The van der Waals surface area contributed by atoms with Crippen molar-refractivity contribution in [2.75, 3.05) is 76.5 Å². The number of hydrogen-bond donors (Lipinski definition) is 1. The van der Waals surface area contributed by atoms with Gasteiger partial charge in [-0.25, -0.2) is 9.59 Å². The van der Waals surface area contributed by atoms with E-state index in [2.05, 4.69) is 33.9 Å². The number of thioether (sulfide) groups is 3. The van der Waals surface area contributed by atoms with Gasteiger partial charge in [0.1, 0.15) is 10.5 Å². The number of ketones is 1. The first kappa shape index (κ1) is 106. The molecular formula is C80H150O20S3. The summed E-state index contributed by atoms with van der Waals surface area (Å²) in [4.78, 5) is 84.9. The minimum absolute atomic E-state index is 0.0640. The van der Waals surface area contributed by atoms with Gasteiger partial charge < -0.3 is 61.9 Å². The molecule has 0 aliphatic carbocycles. The summed E-state index contributed by atoms with van der Waals surface area (Å²) >= 11 is 4.66. The lowest BCUT2D eigenvalue weighted by Gasteiger charge is -2.38. The molecule has 0 fully saturated rings. The van der Waals surface area contributed by atoms with Gasteiger partial charge in [0.15, 0.2) is 37.7 Å². The average Bonchev–Trinajstić information content (AvgIpc) is 0.793. The van der Waals surface area contributed by atoms with Gasteiger partial charge >= 0.3 is 35.8 Å². The number of carboxylic acid groups (broad SMARTS) is 1. The fourth-order valence-corrected chi connectivity index (χ4v) is 11.9. The zero-order valence-corrected chi connectivity index (χ0v) is 71.1. The summed E-state index contributed by atoms with van der Waals surface area (Å²) in [5.41, 5.74) is -1.60. The van der Waals surface area contributed by atoms with Crippen LogP contribution < -0.4 is 0 Å². The highest BCUT2D eigenvalue weighted by molar-refractivity contribution is 8.00. The van der Waals surface area contributed by atoms with Crippen molar-refractivity contribution < 1.29 is 95.5 Å². The van der Waals surface area contributed by atoms with Crippen molar-refractivity contribution in [1.82, 2.24) is 0 Å². The summed E-state index contributed by atoms with van der Waals surface area (Å²) in [7, 11) is 1.58. The molecule has 0 aliphatic rings. The fraction of sp³-hybridized carbons (Fsp3) is 0.863. The van der Waals surface area contributed by atoms with Crippen LogP contribution in [-0.4, -0.2) is 166 Å². The molecule has 0 bridgehead atoms. The topological polar surface area (TPSA) is 250 Å². The number of unbranched alkanes of at least 4 members (excludes halogenated alkanes) is 21. The highest BCUT2D eigenvalue weighted by Gasteiger charge is 2.48. The van der Waals surface area contributed by atoms with Gasteiger partial charge in [-0.3, -0.25) is 24.0 Å². The summed E-state index contributed by atoms with van der Waals surface area (Å²) in [5.74, 6) is -1.44. The Morgan fingerprint density at radius 3 is 1.00 bits per heavy atom. The van der Waals surface area contributed by atoms with Gasteiger partial charge in [-0.2, -0.15) is 23.5 Å². The summed E-state index contributed by atoms with van der Waals surface area (Å²) in [6.45, 7) is 41.6. The molecule has 0 heterocycles. The largest absolute Gasteiger partial charge is 0.481 e. The number of rotatable bonds is 63. The molecule has 0 saturated heterocycles. The van der Waals surface area contributed by atoms with Crippen LogP contribution in [0.5, 0.6) is 0 Å². The molecule has 608 valence electrons. The van der Waals surface area contributed by atoms with Crippen LogP contribution in [0, 0.1) is 22.7 Å². The number of methoxy groups -OCH3 is 1. The van der Waals surface area contributed by atoms with Crippen LogP contribution in [-0.2, 0) is 90.4 Å². The minimum atomic E-state index is -1.19. The maximum absolute atomic E-state index is 13.8. The van der Waals surface area contributed by atoms with E-state index >= 15 is 0 Å². The van der Waals surface area contributed by atoms with Gasteiger partial charge in [0.25, 0.3) is 0 Å². The first-order valence-corrected chi connectivity index (χ1v) is 42.3. The number of carbonyl (C=O) groups excluding carboxylic acids is 6. The quantitative estimate of drug-likeness (QED) is 0.0195. The molecule has 23 heteroatoms. The Balaban J connectivity index is -0.000000752. The Morgan fingerprint density at radius 1 is 0.408 bits per heavy atom. The van der Waals surface area contributed by atoms with Crippen LogP contribution in [0.1, 0.15) is 304 Å². The monoisotopic (exact) mass is 1530 g/mol. The van der Waals surface area contributed by atoms with Gasteiger partial charge in [0.2, 0.25) is 0 Å². The van der Waals surface area contributed by atoms with Gasteiger partial charge in [0, 0.05) is 42.3 Å². The second-order valence-electron chi connectivity index (χ2n) is 28.1. The Labute approximate surface area is 639 Å². The van der Waals surface area contributed by atoms with Crippen LogP contribution in [0.25, 0.3) is 0 Å². The number of esters is 5. The Bertz CT molecular complexity index is 2140. The Morgan fingerprint density at radius 2 is 0.709 bits per heavy atom. The third kappa shape index (κ3) is 63.4. The molecule has 0 amide bonds. The molecule has 0 rings (SSSR count). The summed E-state index contributed by atoms with van der Waals surface area (Å²) in [6.07, 6.45) is 32.5. The Kier molecular flexibility index (Phi) is 70.1. The first-order chi connectivity index (χ1) is 48.6. The van der Waals surface area contributed by atoms with Gasteiger partial charge in [-0.1, -0.05) is 170 Å². The van der Waals surface area contributed by atoms with Crippen molar-refractivity contribution in [3.05, 3.63) is 24.3 Å². The zero-order valence-electron chi connectivity index (χ0n) is 68.6. The van der Waals surface area contributed by atoms with E-state index in [4.69, 9.17) is 61.9 Å². The van der Waals surface area contributed by atoms with Crippen molar-refractivity contribution >= 4 is 76.9 Å². The van der Waals surface area contributed by atoms with E-state index in [1.54, 1.807) is 109 Å². The maximum Gasteiger partial charge on any atom is 0.335 e. The van der Waals surface area contributed by atoms with Crippen LogP contribution in [0.3, 0.4) is 0 Å². The standard InChI is InChI=1S/C36H66O12S2.C16H26O6.C16H32O2S.C12H26/c1-25(26(2)37)22-35(9,23-36(10,24-49-12)33(40)48-30(6)45-20-15-14-18-42-27(3)41-11)32(39)47-29(5)44-21-17-16-19-43-28(4)46-31(38)34(7,8)50-13;1-11(2)15(17)21-13(5)19-9-7-8-10-20-14(6)22-16(18)12(3)4;1-3-4-5-6-7-8-9-10-11-12-13-19-14-15(2)16(17)18;1-3-5-7-9-11-12-10-8-6-4-2/h25,27-30H,14-24H2,1-13H3;13-14H,1,3,7-10H2,2,4-6H3;15H,3-14H2,1-2H3,(H,17,18);3-12H2,1-2H3. The maximum atomic E-state index is 13.8. The van der Waals surface area contributed by atoms with Crippen molar-refractivity contribution in [3.63, 3.8) is 0 Å². The molecule has 0 aliphatic heterocycles. The second-order valence-corrected chi connectivity index (χ2v) is 31.5. The molecular weight excluding hydrogens is 1380 g/mol. The molecule has 0 radical (unpaired) electrons. The van der Waals surface area contributed by atoms with E-state index in [-0.39, 0.29) is 36.8 Å². The predicted octanol–water partition coefficient (Wildman–Crippen LogP) is 19.8. The molecule has 103 heavy (non-hydrogen) atoms. The molecule has 20 nitrogen and oxygen atoms in total. The highest BCUT2D eigenvalue weighted by Crippen LogP contribution is 2.43. The molecule has 0 aromatic carbocycles. The van der Waals surface area contributed by atoms with Gasteiger partial charge in [-0.15, -0.1) is 11.8 Å². The number of carboxylic acids is 1. The van der Waals surface area contributed by atoms with E-state index in [0.29, 0.717) is 75.8 Å². The molecule has 1 N–H and O–H groups in total. The third-order valence-corrected chi connectivity index (χ3v) is 20.1. The summed E-state index contributed by atoms with van der Waals surface area (Å²) in [6, 6.07) is 0. The summed E-state index contributed by atoms with van der Waals surface area (Å²) < 4.78 is 64.4. The average molecular weight is 1530 g/mol. The van der Waals surface area contributed by atoms with E-state index < -0.39 is 82.8 Å². The minimum Gasteiger partial charge on any atom is -0.481 e. The number of ether oxygens (including phenoxy) is 12. The predicted molar refractivity (Wildman–Crippen MR) is 422 cm³/mol. The molecule has 0 aromatic heterocycles. The molecule has 0 saturated carbocycles. The number of hydrogen-bond acceptors (Lipinski definition) is 22. The molecule has 0 aromatic rings. The zero-order chi connectivity index (χ0) is 79.1. The SMILES string of the molecule is C=C(C)C(=O)OC(C)OCCCCOC(C)OC(=O)C(=C)C.CCCCCCCCCCCC.CCCCCCCCCCCCSCC(C)C(=O)O.COC(C)OCCCCOC(C)OC(=O)C(C)(CSC)CC(C)(CC(C)C(C)=O)C(=O)OC(C)OCCCCOC(C)OC(=O)C(C)(C)SC. The highest BCUT2D eigenvalue weighted by atomic mass is 32.2. The number of carbonyl (C=O) groups is 7. The smallest absolute Gasteiger partial charge is 0.335 e. The number of Topliss-reactive ketones (excluding diaryl/α,β-unsaturated/α-hetero) is 1. The van der Waals surface area contributed by atoms with Crippen LogP contribution in [0.2, 0.25) is 0 Å². The normalized spacial score (nSPS) is 14.8. The van der Waals surface area contributed by atoms with Crippen molar-refractivity contribution in [1.29, 1.82) is 0 Å². The third-order valence-electron chi connectivity index (χ3n) is 16.7. The van der Waals surface area contributed by atoms with E-state index in [1.807, 2.05) is 19.4 Å². The molecule has 0 spiro atoms. The van der Waals surface area contributed by atoms with E-state index in [0.717, 1.165) is 30.8 Å². The van der Waals surface area contributed by atoms with E-state index in [1.165, 1.54) is 159 Å². The van der Waals surface area contributed by atoms with Crippen molar-refractivity contribution in [3.8, 4) is 0 Å². The van der Waals surface area contributed by atoms with E-state index in [9.17, 15) is 33.6 Å². The van der Waals surface area contributed by atoms with Gasteiger partial charge in [0.05, 0.1) is 49.8 Å². The van der Waals surface area contributed by atoms with Crippen molar-refractivity contribution in [2.45, 2.75) is 347 Å². The van der Waals surface area contributed by atoms with Crippen LogP contribution >= 0.6 is 35.3 Å². The number of aliphatic carboxylic acids is 1. The first-order valence-electron chi connectivity index (χ1n) is 38.5. The lowest BCUT2D eigenvalue weighted by Crippen LogP contribution is -2.44. The molecule has 10 unspecified atom stereocenters. The summed E-state index contributed by atoms with van der Waals surface area (Å²) in [5, 5.41) is 8.75. The fourth-order valence-electron chi connectivity index (χ4n) is 9.80. The molecule has 10 atom stereocenters. The lowest BCUT2D eigenvalue weighted by molar-refractivity contribution is -0.194. The van der Waals surface area contributed by atoms with Crippen molar-refractivity contribution in [2.24, 2.45) is 22.7 Å². The van der Waals surface area contributed by atoms with Crippen LogP contribution in [0.15, 0.2) is 24.3 Å². The Hall–Kier alpha value is -3.26. The van der Waals surface area contributed by atoms with Crippen LogP contribution in [0.4, 0.5) is 0 Å².